The molecule has 8 heteroatoms. The molecule has 0 aliphatic rings. The van der Waals surface area contributed by atoms with Gasteiger partial charge in [0.25, 0.3) is 5.91 Å². The van der Waals surface area contributed by atoms with Crippen LogP contribution < -0.4 is 5.32 Å². The highest BCUT2D eigenvalue weighted by Gasteiger charge is 2.21. The van der Waals surface area contributed by atoms with Gasteiger partial charge in [0, 0.05) is 0 Å². The predicted molar refractivity (Wildman–Crippen MR) is 65.5 cm³/mol. The summed E-state index contributed by atoms with van der Waals surface area (Å²) in [5.74, 6) is -7.14. The summed E-state index contributed by atoms with van der Waals surface area (Å²) in [4.78, 5) is 22.6. The molecule has 20 heavy (non-hydrogen) atoms. The van der Waals surface area contributed by atoms with E-state index in [1.54, 1.807) is 0 Å². The van der Waals surface area contributed by atoms with Gasteiger partial charge in [0.05, 0.1) is 11.1 Å². The van der Waals surface area contributed by atoms with Crippen LogP contribution in [0.15, 0.2) is 23.6 Å². The van der Waals surface area contributed by atoms with Crippen molar-refractivity contribution in [3.8, 4) is 0 Å². The Morgan fingerprint density at radius 3 is 2.40 bits per heavy atom. The van der Waals surface area contributed by atoms with Gasteiger partial charge in [-0.3, -0.25) is 4.79 Å². The number of carboxylic acids is 1. The van der Waals surface area contributed by atoms with Crippen molar-refractivity contribution >= 4 is 28.2 Å². The van der Waals surface area contributed by atoms with Crippen LogP contribution in [0.4, 0.5) is 18.2 Å². The first kappa shape index (κ1) is 14.1. The minimum absolute atomic E-state index is 0.0216. The van der Waals surface area contributed by atoms with E-state index in [9.17, 15) is 22.8 Å². The van der Waals surface area contributed by atoms with Gasteiger partial charge < -0.3 is 10.4 Å². The summed E-state index contributed by atoms with van der Waals surface area (Å²) in [6, 6.07) is 2.64. The number of amides is 1. The Labute approximate surface area is 114 Å². The molecule has 0 saturated carbocycles. The summed E-state index contributed by atoms with van der Waals surface area (Å²) >= 11 is 0.911. The van der Waals surface area contributed by atoms with Crippen molar-refractivity contribution in [2.75, 3.05) is 5.32 Å². The number of benzene rings is 1. The molecule has 2 rings (SSSR count). The zero-order valence-corrected chi connectivity index (χ0v) is 10.4. The van der Waals surface area contributed by atoms with Gasteiger partial charge in [-0.25, -0.2) is 18.0 Å². The highest BCUT2D eigenvalue weighted by molar-refractivity contribution is 7.14. The second-order valence-electron chi connectivity index (χ2n) is 3.65. The van der Waals surface area contributed by atoms with E-state index < -0.39 is 34.9 Å². The standard InChI is InChI=1S/C12H6F3NO3S/c13-7-2-1-5(8(14)9(7)15)10(17)16-11-6(12(18)19)3-4-20-11/h1-4H,(H,16,17)(H,18,19). The van der Waals surface area contributed by atoms with Crippen LogP contribution in [0.25, 0.3) is 0 Å². The van der Waals surface area contributed by atoms with E-state index in [-0.39, 0.29) is 10.6 Å². The molecule has 2 aromatic rings. The molecule has 0 aliphatic carbocycles. The molecule has 1 aromatic heterocycles. The van der Waals surface area contributed by atoms with Gasteiger partial charge in [0.2, 0.25) is 0 Å². The molecule has 1 aromatic carbocycles. The molecule has 0 unspecified atom stereocenters. The molecule has 104 valence electrons. The summed E-state index contributed by atoms with van der Waals surface area (Å²) in [5, 5.41) is 12.4. The summed E-state index contributed by atoms with van der Waals surface area (Å²) in [5.41, 5.74) is -0.889. The van der Waals surface area contributed by atoms with E-state index >= 15 is 0 Å². The number of anilines is 1. The molecule has 0 fully saturated rings. The topological polar surface area (TPSA) is 66.4 Å². The molecule has 1 heterocycles. The van der Waals surface area contributed by atoms with Crippen LogP contribution in [0.5, 0.6) is 0 Å². The lowest BCUT2D eigenvalue weighted by Gasteiger charge is -2.06. The van der Waals surface area contributed by atoms with Gasteiger partial charge in [-0.05, 0) is 23.6 Å². The summed E-state index contributed by atoms with van der Waals surface area (Å²) in [7, 11) is 0. The smallest absolute Gasteiger partial charge is 0.338 e. The quantitative estimate of drug-likeness (QED) is 0.856. The molecule has 0 atom stereocenters. The Balaban J connectivity index is 2.31. The number of carbonyl (C=O) groups excluding carboxylic acids is 1. The normalized spacial score (nSPS) is 10.3. The minimum Gasteiger partial charge on any atom is -0.478 e. The second kappa shape index (κ2) is 5.33. The van der Waals surface area contributed by atoms with Crippen LogP contribution in [-0.4, -0.2) is 17.0 Å². The molecule has 0 aliphatic heterocycles. The fourth-order valence-electron chi connectivity index (χ4n) is 1.45. The van der Waals surface area contributed by atoms with Crippen molar-refractivity contribution in [1.29, 1.82) is 0 Å². The number of aromatic carboxylic acids is 1. The van der Waals surface area contributed by atoms with Crippen LogP contribution in [-0.2, 0) is 0 Å². The number of carbonyl (C=O) groups is 2. The molecule has 0 spiro atoms. The molecule has 1 amide bonds. The van der Waals surface area contributed by atoms with Gasteiger partial charge in [-0.1, -0.05) is 0 Å². The zero-order chi connectivity index (χ0) is 14.9. The van der Waals surface area contributed by atoms with E-state index in [0.29, 0.717) is 6.07 Å². The highest BCUT2D eigenvalue weighted by Crippen LogP contribution is 2.24. The minimum atomic E-state index is -1.76. The first-order valence-corrected chi connectivity index (χ1v) is 6.05. The number of halogens is 3. The van der Waals surface area contributed by atoms with Crippen molar-refractivity contribution in [2.45, 2.75) is 0 Å². The average Bonchev–Trinajstić information content (AvgIpc) is 2.84. The molecule has 4 nitrogen and oxygen atoms in total. The van der Waals surface area contributed by atoms with Crippen LogP contribution in [0.1, 0.15) is 20.7 Å². The summed E-state index contributed by atoms with van der Waals surface area (Å²) in [6.45, 7) is 0. The van der Waals surface area contributed by atoms with E-state index in [2.05, 4.69) is 5.32 Å². The van der Waals surface area contributed by atoms with Crippen molar-refractivity contribution in [1.82, 2.24) is 0 Å². The Hall–Kier alpha value is -2.35. The Kier molecular flexibility index (Phi) is 3.75. The Morgan fingerprint density at radius 1 is 1.05 bits per heavy atom. The first-order chi connectivity index (χ1) is 9.41. The lowest BCUT2D eigenvalue weighted by atomic mass is 10.2. The fourth-order valence-corrected chi connectivity index (χ4v) is 2.22. The number of carboxylic acid groups (broad SMARTS) is 1. The van der Waals surface area contributed by atoms with Crippen molar-refractivity contribution in [3.63, 3.8) is 0 Å². The Morgan fingerprint density at radius 2 is 1.75 bits per heavy atom. The third-order valence-corrected chi connectivity index (χ3v) is 3.23. The van der Waals surface area contributed by atoms with Gasteiger partial charge in [-0.2, -0.15) is 0 Å². The van der Waals surface area contributed by atoms with E-state index in [4.69, 9.17) is 5.11 Å². The highest BCUT2D eigenvalue weighted by atomic mass is 32.1. The van der Waals surface area contributed by atoms with Gasteiger partial charge in [0.15, 0.2) is 17.5 Å². The maximum absolute atomic E-state index is 13.4. The van der Waals surface area contributed by atoms with E-state index in [0.717, 1.165) is 17.4 Å². The van der Waals surface area contributed by atoms with Crippen molar-refractivity contribution < 1.29 is 27.9 Å². The third-order valence-electron chi connectivity index (χ3n) is 2.40. The molecule has 0 radical (unpaired) electrons. The number of hydrogen-bond acceptors (Lipinski definition) is 3. The molecule has 0 bridgehead atoms. The monoisotopic (exact) mass is 301 g/mol. The van der Waals surface area contributed by atoms with Crippen LogP contribution in [0.3, 0.4) is 0 Å². The fraction of sp³-hybridized carbons (Fsp3) is 0. The van der Waals surface area contributed by atoms with Gasteiger partial charge in [0.1, 0.15) is 5.00 Å². The summed E-state index contributed by atoms with van der Waals surface area (Å²) in [6.07, 6.45) is 0. The van der Waals surface area contributed by atoms with Crippen LogP contribution in [0, 0.1) is 17.5 Å². The SMILES string of the molecule is O=C(O)c1ccsc1NC(=O)c1ccc(F)c(F)c1F. The summed E-state index contributed by atoms with van der Waals surface area (Å²) < 4.78 is 39.2. The molecule has 2 N–H and O–H groups in total. The third kappa shape index (κ3) is 2.50. The molecular weight excluding hydrogens is 295 g/mol. The maximum Gasteiger partial charge on any atom is 0.338 e. The predicted octanol–water partition coefficient (Wildman–Crippen LogP) is 3.12. The van der Waals surface area contributed by atoms with E-state index in [1.165, 1.54) is 11.4 Å². The maximum atomic E-state index is 13.4. The number of hydrogen-bond donors (Lipinski definition) is 2. The number of nitrogens with one attached hydrogen (secondary N) is 1. The first-order valence-electron chi connectivity index (χ1n) is 5.17. The number of thiophene rings is 1. The van der Waals surface area contributed by atoms with Gasteiger partial charge >= 0.3 is 5.97 Å². The van der Waals surface area contributed by atoms with Crippen molar-refractivity contribution in [3.05, 3.63) is 52.2 Å². The second-order valence-corrected chi connectivity index (χ2v) is 4.56. The van der Waals surface area contributed by atoms with Crippen LogP contribution >= 0.6 is 11.3 Å². The van der Waals surface area contributed by atoms with Crippen molar-refractivity contribution in [2.24, 2.45) is 0 Å². The Bertz CT molecular complexity index is 699. The van der Waals surface area contributed by atoms with Gasteiger partial charge in [-0.15, -0.1) is 11.3 Å². The lowest BCUT2D eigenvalue weighted by molar-refractivity contribution is 0.0698. The molecule has 0 saturated heterocycles. The number of rotatable bonds is 3. The average molecular weight is 301 g/mol. The zero-order valence-electron chi connectivity index (χ0n) is 9.62. The van der Waals surface area contributed by atoms with Crippen LogP contribution in [0.2, 0.25) is 0 Å². The lowest BCUT2D eigenvalue weighted by Crippen LogP contribution is -2.16. The molecular formula is C12H6F3NO3S. The van der Waals surface area contributed by atoms with E-state index in [1.807, 2.05) is 0 Å². The largest absolute Gasteiger partial charge is 0.478 e.